The molecule has 1 aromatic rings. The molecule has 1 aliphatic heterocycles. The minimum atomic E-state index is 0.0961. The number of carbonyl (C=O) groups is 1. The molecule has 1 heterocycles. The molecule has 1 amide bonds. The molecule has 1 aromatic carbocycles. The highest BCUT2D eigenvalue weighted by molar-refractivity contribution is 9.09. The second-order valence-electron chi connectivity index (χ2n) is 5.29. The first-order valence-electron chi connectivity index (χ1n) is 6.32. The minimum absolute atomic E-state index is 0.0961. The number of halogens is 1. The van der Waals surface area contributed by atoms with Gasteiger partial charge in [0.25, 0.3) is 0 Å². The topological polar surface area (TPSA) is 38.3 Å². The van der Waals surface area contributed by atoms with Gasteiger partial charge in [-0.3, -0.25) is 4.79 Å². The summed E-state index contributed by atoms with van der Waals surface area (Å²) >= 11 is 3.54. The second kappa shape index (κ2) is 4.57. The normalized spacial score (nSPS) is 19.9. The number of rotatable bonds is 4. The fraction of sp³-hybridized carbons (Fsp3) is 0.500. The predicted octanol–water partition coefficient (Wildman–Crippen LogP) is 3.13. The number of hydrogen-bond acceptors (Lipinski definition) is 2. The number of alkyl halides is 1. The number of hydrogen-bond donors (Lipinski definition) is 1. The molecular weight excluding hydrogens is 294 g/mol. The first-order valence-corrected chi connectivity index (χ1v) is 7.45. The number of anilines is 1. The Morgan fingerprint density at radius 3 is 2.89 bits per heavy atom. The first-order chi connectivity index (χ1) is 8.71. The van der Waals surface area contributed by atoms with Gasteiger partial charge >= 0.3 is 0 Å². The molecular formula is C14H16BrNO2. The Bertz CT molecular complexity index is 483. The van der Waals surface area contributed by atoms with Gasteiger partial charge in [0.1, 0.15) is 5.75 Å². The van der Waals surface area contributed by atoms with Gasteiger partial charge in [-0.05, 0) is 30.9 Å². The molecule has 0 aromatic heterocycles. The second-order valence-corrected chi connectivity index (χ2v) is 5.85. The van der Waals surface area contributed by atoms with Gasteiger partial charge in [-0.1, -0.05) is 22.0 Å². The molecule has 0 radical (unpaired) electrons. The molecule has 2 aliphatic rings. The highest BCUT2D eigenvalue weighted by atomic mass is 79.9. The van der Waals surface area contributed by atoms with Gasteiger partial charge in [0.05, 0.1) is 6.61 Å². The lowest BCUT2D eigenvalue weighted by molar-refractivity contribution is -0.116. The van der Waals surface area contributed by atoms with E-state index in [0.717, 1.165) is 29.8 Å². The van der Waals surface area contributed by atoms with Crippen molar-refractivity contribution in [3.05, 3.63) is 23.8 Å². The zero-order valence-corrected chi connectivity index (χ0v) is 11.8. The van der Waals surface area contributed by atoms with Crippen LogP contribution in [-0.4, -0.2) is 17.8 Å². The lowest BCUT2D eigenvalue weighted by Gasteiger charge is -2.19. The number of nitrogens with one attached hydrogen (secondary N) is 1. The van der Waals surface area contributed by atoms with Crippen LogP contribution in [0, 0.1) is 5.41 Å². The fourth-order valence-electron chi connectivity index (χ4n) is 2.17. The summed E-state index contributed by atoms with van der Waals surface area (Å²) in [7, 11) is 0. The molecule has 0 unspecified atom stereocenters. The summed E-state index contributed by atoms with van der Waals surface area (Å²) < 4.78 is 5.84. The van der Waals surface area contributed by atoms with E-state index in [9.17, 15) is 4.79 Å². The maximum absolute atomic E-state index is 11.4. The van der Waals surface area contributed by atoms with E-state index in [1.54, 1.807) is 0 Å². The number of amides is 1. The smallest absolute Gasteiger partial charge is 0.224 e. The molecule has 3 nitrogen and oxygen atoms in total. The van der Waals surface area contributed by atoms with Crippen molar-refractivity contribution in [1.29, 1.82) is 0 Å². The molecule has 1 N–H and O–H groups in total. The summed E-state index contributed by atoms with van der Waals surface area (Å²) in [5.74, 6) is 0.946. The van der Waals surface area contributed by atoms with Crippen molar-refractivity contribution in [2.24, 2.45) is 5.41 Å². The lowest BCUT2D eigenvalue weighted by Crippen LogP contribution is -2.19. The quantitative estimate of drug-likeness (QED) is 0.868. The van der Waals surface area contributed by atoms with E-state index in [-0.39, 0.29) is 5.91 Å². The van der Waals surface area contributed by atoms with E-state index in [1.165, 1.54) is 18.4 Å². The standard InChI is InChI=1S/C14H16BrNO2/c15-8-14(5-6-14)9-18-11-3-1-10-2-4-13(17)16-12(10)7-11/h1,3,7H,2,4-6,8-9H2,(H,16,17). The van der Waals surface area contributed by atoms with Crippen molar-refractivity contribution in [3.63, 3.8) is 0 Å². The van der Waals surface area contributed by atoms with Crippen LogP contribution >= 0.6 is 15.9 Å². The van der Waals surface area contributed by atoms with E-state index < -0.39 is 0 Å². The average Bonchev–Trinajstić information content (AvgIpc) is 3.16. The van der Waals surface area contributed by atoms with Crippen molar-refractivity contribution in [2.75, 3.05) is 17.3 Å². The van der Waals surface area contributed by atoms with Crippen molar-refractivity contribution < 1.29 is 9.53 Å². The Labute approximate surface area is 115 Å². The third-order valence-electron chi connectivity index (χ3n) is 3.76. The van der Waals surface area contributed by atoms with Crippen LogP contribution in [0.25, 0.3) is 0 Å². The van der Waals surface area contributed by atoms with Gasteiger partial charge in [-0.2, -0.15) is 0 Å². The number of fused-ring (bicyclic) bond motifs is 1. The Morgan fingerprint density at radius 1 is 1.33 bits per heavy atom. The molecule has 18 heavy (non-hydrogen) atoms. The SMILES string of the molecule is O=C1CCc2ccc(OCC3(CBr)CC3)cc2N1. The van der Waals surface area contributed by atoms with Gasteiger partial charge in [0, 0.05) is 28.9 Å². The van der Waals surface area contributed by atoms with Crippen LogP contribution in [-0.2, 0) is 11.2 Å². The van der Waals surface area contributed by atoms with Crippen LogP contribution in [0.2, 0.25) is 0 Å². The first kappa shape index (κ1) is 12.0. The van der Waals surface area contributed by atoms with Gasteiger partial charge in [0.15, 0.2) is 0 Å². The molecule has 3 rings (SSSR count). The Kier molecular flexibility index (Phi) is 3.06. The van der Waals surface area contributed by atoms with E-state index in [1.807, 2.05) is 12.1 Å². The van der Waals surface area contributed by atoms with Crippen LogP contribution in [0.3, 0.4) is 0 Å². The van der Waals surface area contributed by atoms with E-state index in [2.05, 4.69) is 27.3 Å². The number of aryl methyl sites for hydroxylation is 1. The number of benzene rings is 1. The molecule has 0 saturated heterocycles. The fourth-order valence-corrected chi connectivity index (χ4v) is 2.89. The van der Waals surface area contributed by atoms with Gasteiger partial charge in [-0.25, -0.2) is 0 Å². The highest BCUT2D eigenvalue weighted by Crippen LogP contribution is 2.47. The summed E-state index contributed by atoms with van der Waals surface area (Å²) in [6.45, 7) is 0.755. The van der Waals surface area contributed by atoms with Crippen LogP contribution in [0.15, 0.2) is 18.2 Å². The molecule has 1 fully saturated rings. The van der Waals surface area contributed by atoms with Crippen molar-refractivity contribution >= 4 is 27.5 Å². The van der Waals surface area contributed by atoms with E-state index in [4.69, 9.17) is 4.74 Å². The van der Waals surface area contributed by atoms with Gasteiger partial charge in [0.2, 0.25) is 5.91 Å². The molecule has 96 valence electrons. The monoisotopic (exact) mass is 309 g/mol. The van der Waals surface area contributed by atoms with Gasteiger partial charge < -0.3 is 10.1 Å². The molecule has 0 bridgehead atoms. The summed E-state index contributed by atoms with van der Waals surface area (Å²) in [5.41, 5.74) is 2.45. The average molecular weight is 310 g/mol. The molecule has 1 saturated carbocycles. The van der Waals surface area contributed by atoms with E-state index >= 15 is 0 Å². The molecule has 4 heteroatoms. The third-order valence-corrected chi connectivity index (χ3v) is 4.95. The predicted molar refractivity (Wildman–Crippen MR) is 74.3 cm³/mol. The summed E-state index contributed by atoms with van der Waals surface area (Å²) in [5, 5.41) is 3.90. The summed E-state index contributed by atoms with van der Waals surface area (Å²) in [6, 6.07) is 6.00. The Hall–Kier alpha value is -1.03. The van der Waals surface area contributed by atoms with Crippen molar-refractivity contribution in [2.45, 2.75) is 25.7 Å². The maximum Gasteiger partial charge on any atom is 0.224 e. The van der Waals surface area contributed by atoms with E-state index in [0.29, 0.717) is 11.8 Å². The van der Waals surface area contributed by atoms with Gasteiger partial charge in [-0.15, -0.1) is 0 Å². The van der Waals surface area contributed by atoms with Crippen LogP contribution in [0.1, 0.15) is 24.8 Å². The van der Waals surface area contributed by atoms with Crippen molar-refractivity contribution in [1.82, 2.24) is 0 Å². The molecule has 1 aliphatic carbocycles. The van der Waals surface area contributed by atoms with Crippen LogP contribution < -0.4 is 10.1 Å². The Balaban J connectivity index is 1.70. The van der Waals surface area contributed by atoms with Crippen LogP contribution in [0.4, 0.5) is 5.69 Å². The number of carbonyl (C=O) groups excluding carboxylic acids is 1. The minimum Gasteiger partial charge on any atom is -0.493 e. The zero-order valence-electron chi connectivity index (χ0n) is 10.2. The molecule has 0 spiro atoms. The largest absolute Gasteiger partial charge is 0.493 e. The number of ether oxygens (including phenoxy) is 1. The zero-order chi connectivity index (χ0) is 12.6. The van der Waals surface area contributed by atoms with Crippen LogP contribution in [0.5, 0.6) is 5.75 Å². The summed E-state index contributed by atoms with van der Waals surface area (Å²) in [6.07, 6.45) is 3.88. The third kappa shape index (κ3) is 2.39. The summed E-state index contributed by atoms with van der Waals surface area (Å²) in [4.78, 5) is 11.4. The Morgan fingerprint density at radius 2 is 2.17 bits per heavy atom. The lowest BCUT2D eigenvalue weighted by atomic mass is 10.0. The van der Waals surface area contributed by atoms with Crippen molar-refractivity contribution in [3.8, 4) is 5.75 Å². The highest BCUT2D eigenvalue weighted by Gasteiger charge is 2.42. The maximum atomic E-state index is 11.4. The molecule has 0 atom stereocenters.